The number of amides is 1. The minimum absolute atomic E-state index is 0.136. The quantitative estimate of drug-likeness (QED) is 0.512. The van der Waals surface area contributed by atoms with E-state index in [0.717, 1.165) is 28.5 Å². The van der Waals surface area contributed by atoms with Gasteiger partial charge in [0, 0.05) is 5.56 Å². The SMILES string of the molecule is CCCOc1ccc2ccccc2c1/C=N\NC(=O)[C@H]1COc2ccccc2O1. The molecule has 6 heteroatoms. The van der Waals surface area contributed by atoms with Crippen LogP contribution in [-0.4, -0.2) is 31.4 Å². The summed E-state index contributed by atoms with van der Waals surface area (Å²) in [4.78, 5) is 12.5. The summed E-state index contributed by atoms with van der Waals surface area (Å²) in [6.07, 6.45) is 1.76. The van der Waals surface area contributed by atoms with Crippen molar-refractivity contribution in [1.82, 2.24) is 5.43 Å². The Morgan fingerprint density at radius 3 is 2.79 bits per heavy atom. The van der Waals surface area contributed by atoms with Gasteiger partial charge in [0.2, 0.25) is 6.10 Å². The first-order valence-corrected chi connectivity index (χ1v) is 9.62. The van der Waals surface area contributed by atoms with Crippen LogP contribution in [0.5, 0.6) is 17.2 Å². The van der Waals surface area contributed by atoms with E-state index < -0.39 is 6.10 Å². The van der Waals surface area contributed by atoms with E-state index in [1.165, 1.54) is 0 Å². The third-order valence-electron chi connectivity index (χ3n) is 4.56. The van der Waals surface area contributed by atoms with Crippen LogP contribution in [0.3, 0.4) is 0 Å². The fourth-order valence-corrected chi connectivity index (χ4v) is 3.13. The Bertz CT molecular complexity index is 1050. The van der Waals surface area contributed by atoms with Crippen molar-refractivity contribution < 1.29 is 19.0 Å². The molecule has 29 heavy (non-hydrogen) atoms. The van der Waals surface area contributed by atoms with Gasteiger partial charge >= 0.3 is 0 Å². The number of fused-ring (bicyclic) bond motifs is 2. The van der Waals surface area contributed by atoms with Gasteiger partial charge in [-0.2, -0.15) is 5.10 Å². The van der Waals surface area contributed by atoms with Crippen LogP contribution >= 0.6 is 0 Å². The topological polar surface area (TPSA) is 69.2 Å². The standard InChI is InChI=1S/C23H22N2O4/c1-2-13-27-19-12-11-16-7-3-4-8-17(16)18(19)14-24-25-23(26)22-15-28-20-9-5-6-10-21(20)29-22/h3-12,14,22H,2,13,15H2,1H3,(H,25,26)/b24-14-/t22-/m1/s1. The molecule has 0 aromatic heterocycles. The van der Waals surface area contributed by atoms with Crippen LogP contribution in [0.1, 0.15) is 18.9 Å². The van der Waals surface area contributed by atoms with Crippen LogP contribution in [0.4, 0.5) is 0 Å². The molecule has 1 amide bonds. The van der Waals surface area contributed by atoms with Gasteiger partial charge in [-0.15, -0.1) is 0 Å². The molecule has 0 fully saturated rings. The average molecular weight is 390 g/mol. The molecule has 3 aromatic carbocycles. The molecule has 0 saturated heterocycles. The van der Waals surface area contributed by atoms with Crippen LogP contribution in [0.2, 0.25) is 0 Å². The lowest BCUT2D eigenvalue weighted by Crippen LogP contribution is -2.42. The fourth-order valence-electron chi connectivity index (χ4n) is 3.13. The zero-order chi connectivity index (χ0) is 20.1. The van der Waals surface area contributed by atoms with Crippen molar-refractivity contribution in [2.75, 3.05) is 13.2 Å². The van der Waals surface area contributed by atoms with Crippen molar-refractivity contribution in [1.29, 1.82) is 0 Å². The van der Waals surface area contributed by atoms with Crippen LogP contribution in [0, 0.1) is 0 Å². The van der Waals surface area contributed by atoms with Crippen molar-refractivity contribution >= 4 is 22.9 Å². The van der Waals surface area contributed by atoms with Gasteiger partial charge < -0.3 is 14.2 Å². The monoisotopic (exact) mass is 390 g/mol. The lowest BCUT2D eigenvalue weighted by Gasteiger charge is -2.24. The molecule has 1 aliphatic heterocycles. The molecule has 6 nitrogen and oxygen atoms in total. The van der Waals surface area contributed by atoms with Crippen molar-refractivity contribution in [3.63, 3.8) is 0 Å². The molecule has 0 radical (unpaired) electrons. The molecule has 0 bridgehead atoms. The summed E-state index contributed by atoms with van der Waals surface area (Å²) in [5.41, 5.74) is 3.37. The fraction of sp³-hybridized carbons (Fsp3) is 0.217. The third kappa shape index (κ3) is 4.16. The molecule has 0 saturated carbocycles. The van der Waals surface area contributed by atoms with E-state index in [2.05, 4.69) is 17.5 Å². The Morgan fingerprint density at radius 2 is 1.93 bits per heavy atom. The number of hydrogen-bond acceptors (Lipinski definition) is 5. The smallest absolute Gasteiger partial charge is 0.284 e. The van der Waals surface area contributed by atoms with Gasteiger partial charge in [-0.05, 0) is 35.4 Å². The Morgan fingerprint density at radius 1 is 1.14 bits per heavy atom. The summed E-state index contributed by atoms with van der Waals surface area (Å²) in [5, 5.41) is 6.23. The molecule has 1 aliphatic rings. The number of carbonyl (C=O) groups is 1. The zero-order valence-corrected chi connectivity index (χ0v) is 16.1. The van der Waals surface area contributed by atoms with E-state index in [4.69, 9.17) is 14.2 Å². The second-order valence-electron chi connectivity index (χ2n) is 6.65. The predicted octanol–water partition coefficient (Wildman–Crippen LogP) is 3.92. The molecule has 0 unspecified atom stereocenters. The second-order valence-corrected chi connectivity index (χ2v) is 6.65. The molecular formula is C23H22N2O4. The highest BCUT2D eigenvalue weighted by molar-refractivity contribution is 6.02. The van der Waals surface area contributed by atoms with Crippen LogP contribution in [0.25, 0.3) is 10.8 Å². The minimum Gasteiger partial charge on any atom is -0.493 e. The molecule has 1 N–H and O–H groups in total. The van der Waals surface area contributed by atoms with Gasteiger partial charge in [-0.3, -0.25) is 4.79 Å². The highest BCUT2D eigenvalue weighted by atomic mass is 16.6. The third-order valence-corrected chi connectivity index (χ3v) is 4.56. The predicted molar refractivity (Wildman–Crippen MR) is 112 cm³/mol. The lowest BCUT2D eigenvalue weighted by molar-refractivity contribution is -0.130. The van der Waals surface area contributed by atoms with Gasteiger partial charge in [0.15, 0.2) is 11.5 Å². The van der Waals surface area contributed by atoms with Gasteiger partial charge in [0.1, 0.15) is 12.4 Å². The first-order valence-electron chi connectivity index (χ1n) is 9.62. The molecule has 4 rings (SSSR count). The number of benzene rings is 3. The Labute approximate surface area is 169 Å². The van der Waals surface area contributed by atoms with Crippen molar-refractivity contribution in [2.24, 2.45) is 5.10 Å². The number of nitrogens with zero attached hydrogens (tertiary/aromatic N) is 1. The van der Waals surface area contributed by atoms with Gasteiger partial charge in [0.05, 0.1) is 12.8 Å². The second kappa shape index (κ2) is 8.65. The maximum atomic E-state index is 12.5. The summed E-state index contributed by atoms with van der Waals surface area (Å²) >= 11 is 0. The molecule has 1 heterocycles. The molecular weight excluding hydrogens is 368 g/mol. The Kier molecular flexibility index (Phi) is 5.61. The summed E-state index contributed by atoms with van der Waals surface area (Å²) in [6, 6.07) is 19.2. The number of hydrazone groups is 1. The first-order chi connectivity index (χ1) is 14.3. The number of hydrogen-bond donors (Lipinski definition) is 1. The van der Waals surface area contributed by atoms with E-state index in [1.54, 1.807) is 18.3 Å². The first kappa shape index (κ1) is 18.8. The van der Waals surface area contributed by atoms with Crippen molar-refractivity contribution in [3.05, 3.63) is 66.2 Å². The number of rotatable bonds is 6. The normalized spacial score (nSPS) is 15.4. The van der Waals surface area contributed by atoms with E-state index in [9.17, 15) is 4.79 Å². The highest BCUT2D eigenvalue weighted by Crippen LogP contribution is 2.31. The largest absolute Gasteiger partial charge is 0.493 e. The van der Waals surface area contributed by atoms with E-state index in [-0.39, 0.29) is 12.5 Å². The maximum absolute atomic E-state index is 12.5. The van der Waals surface area contributed by atoms with Crippen LogP contribution < -0.4 is 19.6 Å². The van der Waals surface area contributed by atoms with Gasteiger partial charge in [-0.1, -0.05) is 49.4 Å². The number of ether oxygens (including phenoxy) is 3. The Balaban J connectivity index is 1.50. The lowest BCUT2D eigenvalue weighted by atomic mass is 10.0. The Hall–Kier alpha value is -3.54. The van der Waals surface area contributed by atoms with Gasteiger partial charge in [0.25, 0.3) is 5.91 Å². The van der Waals surface area contributed by atoms with E-state index in [1.807, 2.05) is 48.5 Å². The summed E-state index contributed by atoms with van der Waals surface area (Å²) < 4.78 is 17.2. The van der Waals surface area contributed by atoms with Gasteiger partial charge in [-0.25, -0.2) is 5.43 Å². The summed E-state index contributed by atoms with van der Waals surface area (Å²) in [6.45, 7) is 2.80. The van der Waals surface area contributed by atoms with E-state index >= 15 is 0 Å². The average Bonchev–Trinajstić information content (AvgIpc) is 2.77. The number of nitrogens with one attached hydrogen (secondary N) is 1. The van der Waals surface area contributed by atoms with Crippen molar-refractivity contribution in [2.45, 2.75) is 19.4 Å². The molecule has 0 aliphatic carbocycles. The van der Waals surface area contributed by atoms with Crippen LogP contribution in [-0.2, 0) is 4.79 Å². The zero-order valence-electron chi connectivity index (χ0n) is 16.1. The molecule has 1 atom stereocenters. The summed E-state index contributed by atoms with van der Waals surface area (Å²) in [7, 11) is 0. The highest BCUT2D eigenvalue weighted by Gasteiger charge is 2.27. The van der Waals surface area contributed by atoms with Crippen LogP contribution in [0.15, 0.2) is 65.8 Å². The molecule has 148 valence electrons. The molecule has 0 spiro atoms. The number of para-hydroxylation sites is 2. The molecule has 3 aromatic rings. The number of carbonyl (C=O) groups excluding carboxylic acids is 1. The summed E-state index contributed by atoms with van der Waals surface area (Å²) in [5.74, 6) is 1.54. The van der Waals surface area contributed by atoms with E-state index in [0.29, 0.717) is 18.1 Å². The van der Waals surface area contributed by atoms with Crippen molar-refractivity contribution in [3.8, 4) is 17.2 Å². The minimum atomic E-state index is -0.759. The maximum Gasteiger partial charge on any atom is 0.284 e.